The van der Waals surface area contributed by atoms with Crippen molar-refractivity contribution < 1.29 is 28.6 Å². The van der Waals surface area contributed by atoms with Gasteiger partial charge in [-0.15, -0.1) is 5.10 Å². The normalized spacial score (nSPS) is 19.3. The summed E-state index contributed by atoms with van der Waals surface area (Å²) >= 11 is 0. The second kappa shape index (κ2) is 15.3. The number of aryl methyl sites for hydroxylation is 1. The molecule has 1 fully saturated rings. The SMILES string of the molecule is COc1cccc2c1OCCCn1cc(nn1)CCN(C(=O)C1CCOCC1)CCNC(=O)[C@H](Cc1ccccc1)NC2=O. The van der Waals surface area contributed by atoms with Crippen molar-refractivity contribution in [1.29, 1.82) is 0 Å². The summed E-state index contributed by atoms with van der Waals surface area (Å²) in [6, 6.07) is 13.7. The smallest absolute Gasteiger partial charge is 0.255 e. The topological polar surface area (TPSA) is 137 Å². The van der Waals surface area contributed by atoms with Crippen molar-refractivity contribution in [3.8, 4) is 11.5 Å². The van der Waals surface area contributed by atoms with Crippen LogP contribution in [0.15, 0.2) is 54.7 Å². The number of para-hydroxylation sites is 1. The number of hydrogen-bond donors (Lipinski definition) is 2. The highest BCUT2D eigenvalue weighted by molar-refractivity contribution is 6.00. The van der Waals surface area contributed by atoms with Crippen molar-refractivity contribution in [2.24, 2.45) is 5.92 Å². The molecule has 44 heavy (non-hydrogen) atoms. The predicted molar refractivity (Wildman–Crippen MR) is 161 cm³/mol. The van der Waals surface area contributed by atoms with E-state index in [1.807, 2.05) is 36.5 Å². The van der Waals surface area contributed by atoms with Crippen molar-refractivity contribution in [2.75, 3.05) is 46.6 Å². The Balaban J connectivity index is 1.39. The lowest BCUT2D eigenvalue weighted by Crippen LogP contribution is -2.50. The highest BCUT2D eigenvalue weighted by atomic mass is 16.5. The molecular weight excluding hydrogens is 564 g/mol. The van der Waals surface area contributed by atoms with Gasteiger partial charge in [0.15, 0.2) is 11.5 Å². The fraction of sp³-hybridized carbons (Fsp3) is 0.469. The van der Waals surface area contributed by atoms with Crippen molar-refractivity contribution >= 4 is 17.7 Å². The minimum absolute atomic E-state index is 0.0534. The van der Waals surface area contributed by atoms with Crippen molar-refractivity contribution in [3.63, 3.8) is 0 Å². The third-order valence-corrected chi connectivity index (χ3v) is 7.91. The molecular formula is C32H40N6O6. The van der Waals surface area contributed by atoms with Crippen LogP contribution in [0, 0.1) is 5.92 Å². The lowest BCUT2D eigenvalue weighted by atomic mass is 9.98. The molecule has 0 unspecified atom stereocenters. The van der Waals surface area contributed by atoms with E-state index in [4.69, 9.17) is 14.2 Å². The number of benzene rings is 2. The molecule has 2 aliphatic heterocycles. The summed E-state index contributed by atoms with van der Waals surface area (Å²) in [5.74, 6) is -0.121. The van der Waals surface area contributed by atoms with E-state index in [0.717, 1.165) is 11.3 Å². The molecule has 0 saturated carbocycles. The summed E-state index contributed by atoms with van der Waals surface area (Å²) in [7, 11) is 1.52. The first-order valence-corrected chi connectivity index (χ1v) is 15.2. The van der Waals surface area contributed by atoms with Crippen LogP contribution < -0.4 is 20.1 Å². The average Bonchev–Trinajstić information content (AvgIpc) is 3.51. The Bertz CT molecular complexity index is 1410. The molecule has 2 aromatic carbocycles. The number of ether oxygens (including phenoxy) is 3. The van der Waals surface area contributed by atoms with E-state index in [0.29, 0.717) is 76.6 Å². The first kappa shape index (κ1) is 31.0. The van der Waals surface area contributed by atoms with Crippen LogP contribution >= 0.6 is 0 Å². The maximum Gasteiger partial charge on any atom is 0.255 e. The molecule has 3 amide bonds. The van der Waals surface area contributed by atoms with Gasteiger partial charge in [-0.2, -0.15) is 0 Å². The largest absolute Gasteiger partial charge is 0.493 e. The van der Waals surface area contributed by atoms with Crippen LogP contribution in [0.4, 0.5) is 0 Å². The van der Waals surface area contributed by atoms with Crippen LogP contribution in [0.2, 0.25) is 0 Å². The number of hydrogen-bond acceptors (Lipinski definition) is 8. The van der Waals surface area contributed by atoms with Gasteiger partial charge in [0.25, 0.3) is 5.91 Å². The first-order valence-electron chi connectivity index (χ1n) is 15.2. The van der Waals surface area contributed by atoms with Gasteiger partial charge in [-0.05, 0) is 30.5 Å². The molecule has 12 heteroatoms. The molecule has 12 nitrogen and oxygen atoms in total. The minimum Gasteiger partial charge on any atom is -0.493 e. The van der Waals surface area contributed by atoms with Crippen molar-refractivity contribution in [3.05, 3.63) is 71.5 Å². The number of rotatable bonds is 4. The standard InChI is InChI=1S/C32H40N6O6/c1-42-28-10-5-9-26-29(28)44-18-6-15-38-22-25(35-36-38)11-16-37(32(41)24-12-19-43-20-13-24)17-14-33-31(40)27(34-30(26)39)21-23-7-3-2-4-8-23/h2-5,7-10,22,24,27H,6,11-21H2,1H3,(H,33,40)(H,34,39)/t27-/m0/s1. The molecule has 2 N–H and O–H groups in total. The van der Waals surface area contributed by atoms with E-state index in [1.54, 1.807) is 27.8 Å². The fourth-order valence-electron chi connectivity index (χ4n) is 5.48. The van der Waals surface area contributed by atoms with Gasteiger partial charge in [0.05, 0.1) is 25.0 Å². The summed E-state index contributed by atoms with van der Waals surface area (Å²) in [4.78, 5) is 42.5. The highest BCUT2D eigenvalue weighted by Crippen LogP contribution is 2.31. The minimum atomic E-state index is -0.861. The van der Waals surface area contributed by atoms with Crippen LogP contribution in [0.5, 0.6) is 11.5 Å². The van der Waals surface area contributed by atoms with E-state index in [1.165, 1.54) is 7.11 Å². The zero-order valence-electron chi connectivity index (χ0n) is 25.1. The summed E-state index contributed by atoms with van der Waals surface area (Å²) in [5.41, 5.74) is 1.95. The predicted octanol–water partition coefficient (Wildman–Crippen LogP) is 2.02. The van der Waals surface area contributed by atoms with E-state index < -0.39 is 11.9 Å². The van der Waals surface area contributed by atoms with Crippen molar-refractivity contribution in [2.45, 2.75) is 44.7 Å². The number of nitrogens with zero attached hydrogens (tertiary/aromatic N) is 4. The first-order chi connectivity index (χ1) is 21.5. The highest BCUT2D eigenvalue weighted by Gasteiger charge is 2.28. The second-order valence-corrected chi connectivity index (χ2v) is 11.0. The third kappa shape index (κ3) is 8.13. The number of carbonyl (C=O) groups excluding carboxylic acids is 3. The van der Waals surface area contributed by atoms with Gasteiger partial charge < -0.3 is 29.7 Å². The van der Waals surface area contributed by atoms with Crippen molar-refractivity contribution in [1.82, 2.24) is 30.5 Å². The number of aromatic nitrogens is 3. The molecule has 1 aromatic heterocycles. The van der Waals surface area contributed by atoms with Gasteiger partial charge in [-0.3, -0.25) is 19.1 Å². The zero-order chi connectivity index (χ0) is 30.7. The van der Waals surface area contributed by atoms with Crippen LogP contribution in [-0.2, 0) is 33.7 Å². The van der Waals surface area contributed by atoms with Crippen LogP contribution in [0.25, 0.3) is 0 Å². The van der Waals surface area contributed by atoms with E-state index in [-0.39, 0.29) is 36.3 Å². The Morgan fingerprint density at radius 1 is 1.02 bits per heavy atom. The fourth-order valence-corrected chi connectivity index (χ4v) is 5.48. The molecule has 3 heterocycles. The van der Waals surface area contributed by atoms with Gasteiger partial charge in [0.1, 0.15) is 6.04 Å². The quantitative estimate of drug-likeness (QED) is 0.462. The summed E-state index contributed by atoms with van der Waals surface area (Å²) in [6.45, 7) is 3.01. The zero-order valence-corrected chi connectivity index (χ0v) is 25.1. The molecule has 5 rings (SSSR count). The monoisotopic (exact) mass is 604 g/mol. The Labute approximate surface area is 257 Å². The van der Waals surface area contributed by atoms with Gasteiger partial charge in [-0.25, -0.2) is 0 Å². The molecule has 1 atom stereocenters. The Morgan fingerprint density at radius 2 is 1.84 bits per heavy atom. The molecule has 0 radical (unpaired) electrons. The van der Waals surface area contributed by atoms with Gasteiger partial charge >= 0.3 is 0 Å². The van der Waals surface area contributed by atoms with Gasteiger partial charge in [0, 0.05) is 70.8 Å². The molecule has 3 aromatic rings. The second-order valence-electron chi connectivity index (χ2n) is 11.0. The molecule has 2 bridgehead atoms. The van der Waals surface area contributed by atoms with Crippen LogP contribution in [0.1, 0.15) is 40.9 Å². The van der Waals surface area contributed by atoms with E-state index >= 15 is 0 Å². The van der Waals surface area contributed by atoms with Gasteiger partial charge in [0.2, 0.25) is 11.8 Å². The van der Waals surface area contributed by atoms with Gasteiger partial charge in [-0.1, -0.05) is 41.6 Å². The average molecular weight is 605 g/mol. The number of carbonyl (C=O) groups is 3. The molecule has 234 valence electrons. The lowest BCUT2D eigenvalue weighted by Gasteiger charge is -2.29. The summed E-state index contributed by atoms with van der Waals surface area (Å²) in [6.07, 6.45) is 4.67. The summed E-state index contributed by atoms with van der Waals surface area (Å²) in [5, 5.41) is 14.4. The third-order valence-electron chi connectivity index (χ3n) is 7.91. The Kier molecular flexibility index (Phi) is 10.8. The lowest BCUT2D eigenvalue weighted by molar-refractivity contribution is -0.138. The maximum atomic E-state index is 13.6. The molecule has 0 aliphatic carbocycles. The Morgan fingerprint density at radius 3 is 2.64 bits per heavy atom. The number of amides is 3. The summed E-state index contributed by atoms with van der Waals surface area (Å²) < 4.78 is 18.8. The molecule has 1 saturated heterocycles. The van der Waals surface area contributed by atoms with Crippen LogP contribution in [-0.4, -0.2) is 90.2 Å². The molecule has 0 spiro atoms. The van der Waals surface area contributed by atoms with E-state index in [2.05, 4.69) is 20.9 Å². The number of fused-ring (bicyclic) bond motifs is 3. The number of nitrogens with one attached hydrogen (secondary N) is 2. The number of methoxy groups -OCH3 is 1. The molecule has 2 aliphatic rings. The van der Waals surface area contributed by atoms with E-state index in [9.17, 15) is 14.4 Å². The maximum absolute atomic E-state index is 13.6. The Hall–Kier alpha value is -4.45. The van der Waals surface area contributed by atoms with Crippen LogP contribution in [0.3, 0.4) is 0 Å².